The number of unbranched alkanes of at least 4 members (excludes halogenated alkanes) is 1. The Morgan fingerprint density at radius 3 is 2.60 bits per heavy atom. The molecule has 0 aliphatic heterocycles. The van der Waals surface area contributed by atoms with Gasteiger partial charge in [-0.05, 0) is 30.5 Å². The molecule has 0 unspecified atom stereocenters. The van der Waals surface area contributed by atoms with E-state index in [0.717, 1.165) is 18.4 Å². The molecule has 1 aromatic carbocycles. The number of hydrogen-bond donors (Lipinski definition) is 2. The molecule has 0 aliphatic rings. The van der Waals surface area contributed by atoms with Crippen LogP contribution in [-0.4, -0.2) is 54.2 Å². The fourth-order valence-corrected chi connectivity index (χ4v) is 1.98. The van der Waals surface area contributed by atoms with Gasteiger partial charge in [0.2, 0.25) is 5.91 Å². The van der Waals surface area contributed by atoms with Gasteiger partial charge in [-0.3, -0.25) is 9.59 Å². The van der Waals surface area contributed by atoms with Gasteiger partial charge < -0.3 is 20.1 Å². The molecule has 0 aliphatic carbocycles. The van der Waals surface area contributed by atoms with Gasteiger partial charge in [0.25, 0.3) is 5.91 Å². The van der Waals surface area contributed by atoms with Crippen LogP contribution in [0.5, 0.6) is 0 Å². The van der Waals surface area contributed by atoms with E-state index in [0.29, 0.717) is 6.42 Å². The van der Waals surface area contributed by atoms with Crippen molar-refractivity contribution in [1.29, 1.82) is 0 Å². The Balaban J connectivity index is 2.61. The highest BCUT2D eigenvalue weighted by Crippen LogP contribution is 2.09. The summed E-state index contributed by atoms with van der Waals surface area (Å²) < 4.78 is 0. The van der Waals surface area contributed by atoms with E-state index in [4.69, 9.17) is 5.11 Å². The Labute approximate surface area is 146 Å². The van der Waals surface area contributed by atoms with Crippen molar-refractivity contribution in [3.63, 3.8) is 0 Å². The van der Waals surface area contributed by atoms with Crippen LogP contribution in [0.15, 0.2) is 30.3 Å². The average molecular weight is 346 g/mol. The third-order valence-corrected chi connectivity index (χ3v) is 3.41. The standard InChI is InChI=1S/C18H22N2O5/c1-20(2)16(22)10-5-3-4-7-13-8-6-9-14(11-13)17(23)19-15(12-21)18(24)25/h4,6-9,11-12,15H,3,5,10H2,1-2H3,(H,19,23)(H,24,25)/b7-4-/t15-/m0/s1. The summed E-state index contributed by atoms with van der Waals surface area (Å²) in [6.45, 7) is 0. The third kappa shape index (κ3) is 6.99. The quantitative estimate of drug-likeness (QED) is 0.399. The number of hydrogen-bond acceptors (Lipinski definition) is 4. The zero-order valence-corrected chi connectivity index (χ0v) is 14.3. The second-order valence-corrected chi connectivity index (χ2v) is 5.63. The Hall–Kier alpha value is -2.96. The summed E-state index contributed by atoms with van der Waals surface area (Å²) in [6.07, 6.45) is 5.83. The highest BCUT2D eigenvalue weighted by atomic mass is 16.4. The summed E-state index contributed by atoms with van der Waals surface area (Å²) in [5.74, 6) is -1.96. The minimum Gasteiger partial charge on any atom is -0.479 e. The van der Waals surface area contributed by atoms with Gasteiger partial charge in [0, 0.05) is 26.1 Å². The summed E-state index contributed by atoms with van der Waals surface area (Å²) in [5, 5.41) is 10.9. The molecule has 0 heterocycles. The maximum Gasteiger partial charge on any atom is 0.333 e. The van der Waals surface area contributed by atoms with E-state index >= 15 is 0 Å². The van der Waals surface area contributed by atoms with Crippen molar-refractivity contribution in [1.82, 2.24) is 10.2 Å². The molecule has 134 valence electrons. The van der Waals surface area contributed by atoms with Crippen molar-refractivity contribution in [3.05, 3.63) is 41.5 Å². The largest absolute Gasteiger partial charge is 0.479 e. The Bertz CT molecular complexity index is 667. The second kappa shape index (κ2) is 10.0. The van der Waals surface area contributed by atoms with E-state index in [1.807, 2.05) is 12.2 Å². The highest BCUT2D eigenvalue weighted by molar-refractivity contribution is 6.01. The van der Waals surface area contributed by atoms with Crippen molar-refractivity contribution >= 4 is 30.1 Å². The number of rotatable bonds is 9. The Morgan fingerprint density at radius 1 is 1.28 bits per heavy atom. The Kier molecular flexibility index (Phi) is 8.05. The molecular weight excluding hydrogens is 324 g/mol. The van der Waals surface area contributed by atoms with Crippen molar-refractivity contribution in [2.24, 2.45) is 0 Å². The van der Waals surface area contributed by atoms with Gasteiger partial charge >= 0.3 is 5.97 Å². The van der Waals surface area contributed by atoms with Gasteiger partial charge in [0.15, 0.2) is 12.3 Å². The number of aldehydes is 1. The number of allylic oxidation sites excluding steroid dienone is 1. The van der Waals surface area contributed by atoms with Crippen LogP contribution in [0.3, 0.4) is 0 Å². The minimum atomic E-state index is -1.57. The number of carbonyl (C=O) groups is 4. The zero-order valence-electron chi connectivity index (χ0n) is 14.3. The van der Waals surface area contributed by atoms with Crippen LogP contribution >= 0.6 is 0 Å². The number of carboxylic acids is 1. The minimum absolute atomic E-state index is 0.0789. The third-order valence-electron chi connectivity index (χ3n) is 3.41. The van der Waals surface area contributed by atoms with E-state index < -0.39 is 17.9 Å². The van der Waals surface area contributed by atoms with Crippen molar-refractivity contribution < 1.29 is 24.3 Å². The van der Waals surface area contributed by atoms with Crippen LogP contribution in [0.4, 0.5) is 0 Å². The van der Waals surface area contributed by atoms with E-state index in [2.05, 4.69) is 5.32 Å². The second-order valence-electron chi connectivity index (χ2n) is 5.63. The van der Waals surface area contributed by atoms with Gasteiger partial charge in [0.05, 0.1) is 0 Å². The molecule has 0 saturated heterocycles. The number of benzene rings is 1. The predicted octanol–water partition coefficient (Wildman–Crippen LogP) is 1.34. The van der Waals surface area contributed by atoms with Crippen molar-refractivity contribution in [3.8, 4) is 0 Å². The summed E-state index contributed by atoms with van der Waals surface area (Å²) in [5.41, 5.74) is 1.03. The molecule has 1 atom stereocenters. The first-order valence-electron chi connectivity index (χ1n) is 7.81. The van der Waals surface area contributed by atoms with Gasteiger partial charge in [0.1, 0.15) is 0 Å². The molecule has 0 spiro atoms. The highest BCUT2D eigenvalue weighted by Gasteiger charge is 2.19. The first-order valence-corrected chi connectivity index (χ1v) is 7.81. The topological polar surface area (TPSA) is 104 Å². The smallest absolute Gasteiger partial charge is 0.333 e. The zero-order chi connectivity index (χ0) is 18.8. The lowest BCUT2D eigenvalue weighted by atomic mass is 10.1. The molecule has 1 rings (SSSR count). The van der Waals surface area contributed by atoms with Crippen LogP contribution in [-0.2, 0) is 14.4 Å². The first kappa shape index (κ1) is 20.1. The summed E-state index contributed by atoms with van der Waals surface area (Å²) in [6, 6.07) is 5.03. The lowest BCUT2D eigenvalue weighted by Gasteiger charge is -2.09. The van der Waals surface area contributed by atoms with E-state index in [9.17, 15) is 19.2 Å². The van der Waals surface area contributed by atoms with Crippen LogP contribution < -0.4 is 5.32 Å². The van der Waals surface area contributed by atoms with E-state index in [-0.39, 0.29) is 17.8 Å². The number of carbonyl (C=O) groups excluding carboxylic acids is 3. The molecule has 0 fully saturated rings. The van der Waals surface area contributed by atoms with Crippen LogP contribution in [0, 0.1) is 0 Å². The monoisotopic (exact) mass is 346 g/mol. The normalized spacial score (nSPS) is 11.8. The molecular formula is C18H22N2O5. The number of carboxylic acid groups (broad SMARTS) is 1. The van der Waals surface area contributed by atoms with Crippen LogP contribution in [0.1, 0.15) is 35.2 Å². The first-order chi connectivity index (χ1) is 11.8. The molecule has 0 radical (unpaired) electrons. The molecule has 2 amide bonds. The summed E-state index contributed by atoms with van der Waals surface area (Å²) >= 11 is 0. The predicted molar refractivity (Wildman–Crippen MR) is 93.0 cm³/mol. The average Bonchev–Trinajstić information content (AvgIpc) is 2.58. The fourth-order valence-electron chi connectivity index (χ4n) is 1.98. The van der Waals surface area contributed by atoms with Crippen LogP contribution in [0.25, 0.3) is 6.08 Å². The van der Waals surface area contributed by atoms with Gasteiger partial charge in [-0.1, -0.05) is 24.3 Å². The number of nitrogens with one attached hydrogen (secondary N) is 1. The number of nitrogens with zero attached hydrogens (tertiary/aromatic N) is 1. The molecule has 7 heteroatoms. The summed E-state index contributed by atoms with van der Waals surface area (Å²) in [7, 11) is 3.43. The maximum absolute atomic E-state index is 12.0. The fraction of sp³-hybridized carbons (Fsp3) is 0.333. The SMILES string of the molecule is CN(C)C(=O)CCC/C=C\c1cccc(C(=O)N[C@@H](C=O)C(=O)O)c1. The molecule has 0 aromatic heterocycles. The molecule has 0 saturated carbocycles. The summed E-state index contributed by atoms with van der Waals surface area (Å²) in [4.78, 5) is 46.4. The van der Waals surface area contributed by atoms with Crippen molar-refractivity contribution in [2.45, 2.75) is 25.3 Å². The number of aliphatic carboxylic acids is 1. The van der Waals surface area contributed by atoms with Gasteiger partial charge in [-0.2, -0.15) is 0 Å². The molecule has 1 aromatic rings. The molecule has 2 N–H and O–H groups in total. The van der Waals surface area contributed by atoms with Gasteiger partial charge in [-0.15, -0.1) is 0 Å². The van der Waals surface area contributed by atoms with E-state index in [1.165, 1.54) is 6.07 Å². The molecule has 7 nitrogen and oxygen atoms in total. The lowest BCUT2D eigenvalue weighted by Crippen LogP contribution is -2.41. The molecule has 25 heavy (non-hydrogen) atoms. The van der Waals surface area contributed by atoms with E-state index in [1.54, 1.807) is 37.2 Å². The van der Waals surface area contributed by atoms with Crippen molar-refractivity contribution in [2.75, 3.05) is 14.1 Å². The molecule has 0 bridgehead atoms. The lowest BCUT2D eigenvalue weighted by molar-refractivity contribution is -0.140. The maximum atomic E-state index is 12.0. The van der Waals surface area contributed by atoms with Crippen LogP contribution in [0.2, 0.25) is 0 Å². The number of amides is 2. The Morgan fingerprint density at radius 2 is 2.00 bits per heavy atom. The van der Waals surface area contributed by atoms with Gasteiger partial charge in [-0.25, -0.2) is 4.79 Å².